The second-order valence-corrected chi connectivity index (χ2v) is 6.47. The van der Waals surface area contributed by atoms with Gasteiger partial charge in [-0.2, -0.15) is 5.26 Å². The predicted octanol–water partition coefficient (Wildman–Crippen LogP) is 3.56. The Morgan fingerprint density at radius 3 is 2.52 bits per heavy atom. The quantitative estimate of drug-likeness (QED) is 0.312. The van der Waals surface area contributed by atoms with Gasteiger partial charge in [0.05, 0.1) is 11.1 Å². The average Bonchev–Trinajstić information content (AvgIpc) is 2.67. The molecule has 9 heteroatoms. The van der Waals surface area contributed by atoms with Crippen LogP contribution in [0.25, 0.3) is 6.08 Å². The number of carbonyl (C=O) groups is 2. The van der Waals surface area contributed by atoms with Gasteiger partial charge in [0.25, 0.3) is 5.91 Å². The van der Waals surface area contributed by atoms with Crippen LogP contribution in [0, 0.1) is 11.3 Å². The summed E-state index contributed by atoms with van der Waals surface area (Å²) in [4.78, 5) is 23.1. The number of nitrogens with one attached hydrogen (secondary N) is 1. The van der Waals surface area contributed by atoms with E-state index in [0.717, 1.165) is 0 Å². The number of phenolic OH excluding ortho intramolecular Hbond substituents is 1. The minimum Gasteiger partial charge on any atom is -0.508 e. The number of aromatic hydroxyl groups is 1. The second-order valence-electron chi connectivity index (χ2n) is 5.62. The van der Waals surface area contributed by atoms with Crippen LogP contribution in [0.15, 0.2) is 46.4 Å². The first-order valence-electron chi connectivity index (χ1n) is 8.37. The maximum atomic E-state index is 12.4. The molecule has 0 atom stereocenters. The number of nitrogens with zero attached hydrogens (tertiary/aromatic N) is 1. The predicted molar refractivity (Wildman–Crippen MR) is 109 cm³/mol. The summed E-state index contributed by atoms with van der Waals surface area (Å²) in [6.45, 7) is 1.50. The molecule has 0 aromatic heterocycles. The van der Waals surface area contributed by atoms with Crippen molar-refractivity contribution in [3.63, 3.8) is 0 Å². The molecule has 2 aromatic rings. The van der Waals surface area contributed by atoms with Crippen LogP contribution in [-0.2, 0) is 9.59 Å². The first-order chi connectivity index (χ1) is 13.8. The number of nitriles is 1. The number of aliphatic carboxylic acids is 1. The molecule has 0 fully saturated rings. The van der Waals surface area contributed by atoms with Gasteiger partial charge in [0.15, 0.2) is 18.1 Å². The number of amides is 1. The topological polar surface area (TPSA) is 129 Å². The van der Waals surface area contributed by atoms with E-state index in [4.69, 9.17) is 14.6 Å². The molecule has 0 aliphatic rings. The van der Waals surface area contributed by atoms with E-state index in [-0.39, 0.29) is 22.8 Å². The Balaban J connectivity index is 2.31. The highest BCUT2D eigenvalue weighted by molar-refractivity contribution is 9.10. The van der Waals surface area contributed by atoms with Crippen LogP contribution in [-0.4, -0.2) is 35.3 Å². The number of anilines is 1. The highest BCUT2D eigenvalue weighted by atomic mass is 79.9. The molecular formula is C20H17BrN2O6. The first-order valence-corrected chi connectivity index (χ1v) is 9.16. The molecule has 0 spiro atoms. The number of carboxylic acid groups (broad SMARTS) is 1. The molecule has 0 aliphatic carbocycles. The Kier molecular flexibility index (Phi) is 7.62. The van der Waals surface area contributed by atoms with Crippen LogP contribution in [0.5, 0.6) is 17.2 Å². The normalized spacial score (nSPS) is 10.7. The van der Waals surface area contributed by atoms with E-state index >= 15 is 0 Å². The number of carbonyl (C=O) groups excluding carboxylic acids is 1. The number of carboxylic acids is 1. The zero-order valence-electron chi connectivity index (χ0n) is 15.3. The van der Waals surface area contributed by atoms with Crippen molar-refractivity contribution in [2.45, 2.75) is 6.92 Å². The van der Waals surface area contributed by atoms with Gasteiger partial charge in [0, 0.05) is 5.69 Å². The van der Waals surface area contributed by atoms with E-state index in [1.54, 1.807) is 13.0 Å². The van der Waals surface area contributed by atoms with Gasteiger partial charge in [-0.15, -0.1) is 0 Å². The summed E-state index contributed by atoms with van der Waals surface area (Å²) in [5.41, 5.74) is 0.731. The molecular weight excluding hydrogens is 444 g/mol. The van der Waals surface area contributed by atoms with E-state index in [9.17, 15) is 20.0 Å². The van der Waals surface area contributed by atoms with Crippen molar-refractivity contribution in [3.05, 3.63) is 52.0 Å². The fourth-order valence-corrected chi connectivity index (χ4v) is 2.84. The molecule has 1 amide bonds. The summed E-state index contributed by atoms with van der Waals surface area (Å²) in [6, 6.07) is 10.8. The van der Waals surface area contributed by atoms with Crippen molar-refractivity contribution in [2.24, 2.45) is 0 Å². The number of benzene rings is 2. The van der Waals surface area contributed by atoms with Crippen LogP contribution < -0.4 is 14.8 Å². The Hall–Kier alpha value is -3.51. The van der Waals surface area contributed by atoms with Crippen molar-refractivity contribution in [2.75, 3.05) is 18.5 Å². The molecule has 0 saturated carbocycles. The summed E-state index contributed by atoms with van der Waals surface area (Å²) < 4.78 is 11.1. The minimum atomic E-state index is -1.14. The first kappa shape index (κ1) is 21.8. The smallest absolute Gasteiger partial charge is 0.341 e. The maximum Gasteiger partial charge on any atom is 0.341 e. The number of hydrogen-bond donors (Lipinski definition) is 3. The molecule has 8 nitrogen and oxygen atoms in total. The number of rotatable bonds is 8. The van der Waals surface area contributed by atoms with Gasteiger partial charge in [0.2, 0.25) is 0 Å². The number of halogens is 1. The number of ether oxygens (including phenoxy) is 2. The molecule has 3 N–H and O–H groups in total. The van der Waals surface area contributed by atoms with E-state index in [1.165, 1.54) is 36.4 Å². The van der Waals surface area contributed by atoms with Gasteiger partial charge in [-0.25, -0.2) is 4.79 Å². The largest absolute Gasteiger partial charge is 0.508 e. The van der Waals surface area contributed by atoms with Crippen LogP contribution in [0.4, 0.5) is 5.69 Å². The monoisotopic (exact) mass is 460 g/mol. The second kappa shape index (κ2) is 10.1. The van der Waals surface area contributed by atoms with Crippen LogP contribution >= 0.6 is 15.9 Å². The molecule has 2 aromatic carbocycles. The van der Waals surface area contributed by atoms with Crippen LogP contribution in [0.1, 0.15) is 12.5 Å². The molecule has 0 bridgehead atoms. The number of phenols is 1. The minimum absolute atomic E-state index is 0.0533. The van der Waals surface area contributed by atoms with Gasteiger partial charge in [-0.05, 0) is 70.9 Å². The van der Waals surface area contributed by atoms with E-state index in [2.05, 4.69) is 21.2 Å². The van der Waals surface area contributed by atoms with Gasteiger partial charge in [0.1, 0.15) is 17.4 Å². The zero-order valence-corrected chi connectivity index (χ0v) is 16.9. The van der Waals surface area contributed by atoms with Crippen molar-refractivity contribution >= 4 is 39.6 Å². The summed E-state index contributed by atoms with van der Waals surface area (Å²) in [5, 5.41) is 30.0. The van der Waals surface area contributed by atoms with Crippen molar-refractivity contribution in [1.82, 2.24) is 0 Å². The zero-order chi connectivity index (χ0) is 21.4. The summed E-state index contributed by atoms with van der Waals surface area (Å²) in [5.74, 6) is -1.24. The van der Waals surface area contributed by atoms with Crippen molar-refractivity contribution in [1.29, 1.82) is 5.26 Å². The Morgan fingerprint density at radius 1 is 1.24 bits per heavy atom. The van der Waals surface area contributed by atoms with Gasteiger partial charge >= 0.3 is 5.97 Å². The lowest BCUT2D eigenvalue weighted by molar-refractivity contribution is -0.139. The van der Waals surface area contributed by atoms with Crippen molar-refractivity contribution < 1.29 is 29.3 Å². The lowest BCUT2D eigenvalue weighted by Crippen LogP contribution is -2.13. The molecule has 2 rings (SSSR count). The standard InChI is InChI=1S/C20H17BrN2O6/c1-2-28-17-9-12(8-16(21)19(17)29-11-18(25)26)7-13(10-22)20(27)23-14-3-5-15(24)6-4-14/h3-9,24H,2,11H2,1H3,(H,23,27)(H,25,26)/b13-7+. The van der Waals surface area contributed by atoms with E-state index in [1.807, 2.05) is 6.07 Å². The molecule has 0 saturated heterocycles. The SMILES string of the molecule is CCOc1cc(/C=C(\C#N)C(=O)Nc2ccc(O)cc2)cc(Br)c1OCC(=O)O. The number of hydrogen-bond acceptors (Lipinski definition) is 6. The average molecular weight is 461 g/mol. The third kappa shape index (κ3) is 6.26. The molecule has 150 valence electrons. The lowest BCUT2D eigenvalue weighted by atomic mass is 10.1. The van der Waals surface area contributed by atoms with Crippen LogP contribution in [0.3, 0.4) is 0 Å². The van der Waals surface area contributed by atoms with Crippen LogP contribution in [0.2, 0.25) is 0 Å². The maximum absolute atomic E-state index is 12.4. The molecule has 0 aliphatic heterocycles. The van der Waals surface area contributed by atoms with Crippen molar-refractivity contribution in [3.8, 4) is 23.3 Å². The lowest BCUT2D eigenvalue weighted by Gasteiger charge is -2.13. The third-order valence-corrected chi connectivity index (χ3v) is 4.06. The van der Waals surface area contributed by atoms with Gasteiger partial charge < -0.3 is 25.0 Å². The Morgan fingerprint density at radius 2 is 1.93 bits per heavy atom. The highest BCUT2D eigenvalue weighted by Gasteiger charge is 2.15. The third-order valence-electron chi connectivity index (χ3n) is 3.47. The van der Waals surface area contributed by atoms with Gasteiger partial charge in [-0.3, -0.25) is 4.79 Å². The molecule has 0 radical (unpaired) electrons. The summed E-state index contributed by atoms with van der Waals surface area (Å²) in [6.07, 6.45) is 1.37. The summed E-state index contributed by atoms with van der Waals surface area (Å²) >= 11 is 3.29. The molecule has 0 unspecified atom stereocenters. The van der Waals surface area contributed by atoms with E-state index in [0.29, 0.717) is 22.3 Å². The highest BCUT2D eigenvalue weighted by Crippen LogP contribution is 2.37. The van der Waals surface area contributed by atoms with Gasteiger partial charge in [-0.1, -0.05) is 0 Å². The van der Waals surface area contributed by atoms with E-state index < -0.39 is 18.5 Å². The summed E-state index contributed by atoms with van der Waals surface area (Å²) in [7, 11) is 0. The fraction of sp³-hybridized carbons (Fsp3) is 0.150. The Labute approximate surface area is 175 Å². The molecule has 0 heterocycles. The fourth-order valence-electron chi connectivity index (χ4n) is 2.27. The Bertz CT molecular complexity index is 980. The molecule has 29 heavy (non-hydrogen) atoms.